The molecule has 0 nitrogen and oxygen atoms in total. The highest BCUT2D eigenvalue weighted by Crippen LogP contribution is 2.21. The second-order valence-corrected chi connectivity index (χ2v) is 4.24. The summed E-state index contributed by atoms with van der Waals surface area (Å²) in [6, 6.07) is 8.41. The Kier molecular flexibility index (Phi) is 3.08. The van der Waals surface area contributed by atoms with Gasteiger partial charge in [-0.1, -0.05) is 11.8 Å². The van der Waals surface area contributed by atoms with Crippen molar-refractivity contribution in [3.05, 3.63) is 35.2 Å². The minimum absolute atomic E-state index is 0.605. The molecule has 0 spiro atoms. The van der Waals surface area contributed by atoms with Crippen LogP contribution in [0.2, 0.25) is 0 Å². The minimum atomic E-state index is 0.605. The van der Waals surface area contributed by atoms with Crippen molar-refractivity contribution < 1.29 is 0 Å². The van der Waals surface area contributed by atoms with Crippen molar-refractivity contribution >= 4 is 33.0 Å². The zero-order valence-corrected chi connectivity index (χ0v) is 9.16. The van der Waals surface area contributed by atoms with Gasteiger partial charge in [-0.3, -0.25) is 0 Å². The molecule has 0 aliphatic carbocycles. The lowest BCUT2D eigenvalue weighted by molar-refractivity contribution is 1.29. The van der Waals surface area contributed by atoms with E-state index in [0.717, 1.165) is 12.0 Å². The fourth-order valence-electron chi connectivity index (χ4n) is 1.26. The summed E-state index contributed by atoms with van der Waals surface area (Å²) in [6.45, 7) is 0. The van der Waals surface area contributed by atoms with E-state index >= 15 is 0 Å². The first-order valence-electron chi connectivity index (χ1n) is 4.42. The number of hydrogen-bond acceptors (Lipinski definition) is 1. The molecule has 2 rings (SSSR count). The lowest BCUT2D eigenvalue weighted by Gasteiger charge is -1.90. The van der Waals surface area contributed by atoms with Crippen LogP contribution < -0.4 is 0 Å². The molecule has 2 heteroatoms. The van der Waals surface area contributed by atoms with Crippen molar-refractivity contribution in [3.8, 4) is 11.8 Å². The molecule has 0 unspecified atom stereocenters. The summed E-state index contributed by atoms with van der Waals surface area (Å²) < 4.78 is 1.31. The van der Waals surface area contributed by atoms with Gasteiger partial charge >= 0.3 is 0 Å². The van der Waals surface area contributed by atoms with Gasteiger partial charge in [0.25, 0.3) is 0 Å². The SMILES string of the molecule is ClCCC#Cc1ccc2sccc2c1. The maximum Gasteiger partial charge on any atom is 0.0343 e. The number of rotatable bonds is 1. The van der Waals surface area contributed by atoms with Crippen LogP contribution >= 0.6 is 22.9 Å². The monoisotopic (exact) mass is 220 g/mol. The summed E-state index contributed by atoms with van der Waals surface area (Å²) in [7, 11) is 0. The van der Waals surface area contributed by atoms with Gasteiger partial charge in [-0.05, 0) is 35.0 Å². The predicted octanol–water partition coefficient (Wildman–Crippen LogP) is 3.88. The average molecular weight is 221 g/mol. The molecule has 14 heavy (non-hydrogen) atoms. The molecule has 1 aromatic heterocycles. The van der Waals surface area contributed by atoms with Crippen LogP contribution in [0, 0.1) is 11.8 Å². The van der Waals surface area contributed by atoms with Crippen molar-refractivity contribution in [3.63, 3.8) is 0 Å². The van der Waals surface area contributed by atoms with Gasteiger partial charge in [-0.2, -0.15) is 0 Å². The first-order valence-corrected chi connectivity index (χ1v) is 5.83. The molecule has 70 valence electrons. The van der Waals surface area contributed by atoms with Gasteiger partial charge in [-0.25, -0.2) is 0 Å². The molecule has 0 radical (unpaired) electrons. The van der Waals surface area contributed by atoms with Crippen LogP contribution in [-0.2, 0) is 0 Å². The molecule has 0 atom stereocenters. The average Bonchev–Trinajstić information content (AvgIpc) is 2.65. The van der Waals surface area contributed by atoms with Gasteiger partial charge in [0, 0.05) is 22.6 Å². The van der Waals surface area contributed by atoms with E-state index in [9.17, 15) is 0 Å². The molecule has 0 amide bonds. The van der Waals surface area contributed by atoms with E-state index in [1.54, 1.807) is 11.3 Å². The van der Waals surface area contributed by atoms with Gasteiger partial charge in [0.2, 0.25) is 0 Å². The van der Waals surface area contributed by atoms with E-state index in [0.29, 0.717) is 5.88 Å². The Balaban J connectivity index is 2.31. The lowest BCUT2D eigenvalue weighted by atomic mass is 10.2. The van der Waals surface area contributed by atoms with Crippen molar-refractivity contribution in [2.75, 3.05) is 5.88 Å². The van der Waals surface area contributed by atoms with Crippen LogP contribution in [0.1, 0.15) is 12.0 Å². The maximum atomic E-state index is 5.54. The van der Waals surface area contributed by atoms with Crippen LogP contribution in [0.5, 0.6) is 0 Å². The third-order valence-corrected chi connectivity index (χ3v) is 2.99. The molecule has 0 saturated carbocycles. The molecule has 0 fully saturated rings. The summed E-state index contributed by atoms with van der Waals surface area (Å²) in [5, 5.41) is 3.37. The van der Waals surface area contributed by atoms with Gasteiger partial charge in [-0.15, -0.1) is 22.9 Å². The Bertz CT molecular complexity index is 487. The molecule has 0 N–H and O–H groups in total. The molecule has 0 aliphatic rings. The standard InChI is InChI=1S/C12H9ClS/c13-7-2-1-3-10-4-5-12-11(9-10)6-8-14-12/h4-6,8-9H,2,7H2. The number of thiophene rings is 1. The Morgan fingerprint density at radius 2 is 2.21 bits per heavy atom. The highest BCUT2D eigenvalue weighted by molar-refractivity contribution is 7.17. The Morgan fingerprint density at radius 1 is 1.29 bits per heavy atom. The van der Waals surface area contributed by atoms with Gasteiger partial charge < -0.3 is 0 Å². The number of fused-ring (bicyclic) bond motifs is 1. The second-order valence-electron chi connectivity index (χ2n) is 2.91. The molecule has 0 saturated heterocycles. The fraction of sp³-hybridized carbons (Fsp3) is 0.167. The zero-order chi connectivity index (χ0) is 9.80. The normalized spacial score (nSPS) is 9.79. The highest BCUT2D eigenvalue weighted by atomic mass is 35.5. The van der Waals surface area contributed by atoms with Crippen molar-refractivity contribution in [1.82, 2.24) is 0 Å². The third-order valence-electron chi connectivity index (χ3n) is 1.90. The molecule has 0 aliphatic heterocycles. The molecule has 1 aromatic carbocycles. The number of benzene rings is 1. The van der Waals surface area contributed by atoms with E-state index in [1.807, 2.05) is 0 Å². The Labute approximate surface area is 92.5 Å². The van der Waals surface area contributed by atoms with Gasteiger partial charge in [0.15, 0.2) is 0 Å². The third kappa shape index (κ3) is 2.09. The first-order chi connectivity index (χ1) is 6.90. The number of hydrogen-bond donors (Lipinski definition) is 0. The van der Waals surface area contributed by atoms with E-state index < -0.39 is 0 Å². The quantitative estimate of drug-likeness (QED) is 0.506. The van der Waals surface area contributed by atoms with Crippen molar-refractivity contribution in [2.24, 2.45) is 0 Å². The molecule has 2 aromatic rings. The largest absolute Gasteiger partial charge is 0.144 e. The summed E-state index contributed by atoms with van der Waals surface area (Å²) in [4.78, 5) is 0. The minimum Gasteiger partial charge on any atom is -0.144 e. The number of alkyl halides is 1. The summed E-state index contributed by atoms with van der Waals surface area (Å²) >= 11 is 7.30. The second kappa shape index (κ2) is 4.50. The molecule has 1 heterocycles. The van der Waals surface area contributed by atoms with E-state index in [1.165, 1.54) is 10.1 Å². The Hall–Kier alpha value is -0.970. The van der Waals surface area contributed by atoms with Crippen molar-refractivity contribution in [2.45, 2.75) is 6.42 Å². The summed E-state index contributed by atoms with van der Waals surface area (Å²) in [5.41, 5.74) is 1.07. The zero-order valence-electron chi connectivity index (χ0n) is 7.59. The maximum absolute atomic E-state index is 5.54. The van der Waals surface area contributed by atoms with Crippen LogP contribution in [0.25, 0.3) is 10.1 Å². The van der Waals surface area contributed by atoms with E-state index in [-0.39, 0.29) is 0 Å². The van der Waals surface area contributed by atoms with Crippen LogP contribution in [-0.4, -0.2) is 5.88 Å². The Morgan fingerprint density at radius 3 is 3.07 bits per heavy atom. The van der Waals surface area contributed by atoms with Crippen LogP contribution in [0.15, 0.2) is 29.6 Å². The van der Waals surface area contributed by atoms with Crippen molar-refractivity contribution in [1.29, 1.82) is 0 Å². The summed E-state index contributed by atoms with van der Waals surface area (Å²) in [6.07, 6.45) is 0.753. The smallest absolute Gasteiger partial charge is 0.0343 e. The van der Waals surface area contributed by atoms with E-state index in [2.05, 4.69) is 41.5 Å². The highest BCUT2D eigenvalue weighted by Gasteiger charge is 1.94. The first kappa shape index (κ1) is 9.58. The lowest BCUT2D eigenvalue weighted by Crippen LogP contribution is -1.73. The number of halogens is 1. The van der Waals surface area contributed by atoms with Crippen LogP contribution in [0.4, 0.5) is 0 Å². The fourth-order valence-corrected chi connectivity index (χ4v) is 2.12. The molecule has 0 bridgehead atoms. The molecular formula is C12H9ClS. The molecular weight excluding hydrogens is 212 g/mol. The van der Waals surface area contributed by atoms with Gasteiger partial charge in [0.05, 0.1) is 0 Å². The topological polar surface area (TPSA) is 0 Å². The predicted molar refractivity (Wildman–Crippen MR) is 64.0 cm³/mol. The van der Waals surface area contributed by atoms with Gasteiger partial charge in [0.1, 0.15) is 0 Å². The van der Waals surface area contributed by atoms with E-state index in [4.69, 9.17) is 11.6 Å². The van der Waals surface area contributed by atoms with Crippen LogP contribution in [0.3, 0.4) is 0 Å². The summed E-state index contributed by atoms with van der Waals surface area (Å²) in [5.74, 6) is 6.73.